The van der Waals surface area contributed by atoms with Gasteiger partial charge in [0.2, 0.25) is 15.9 Å². The van der Waals surface area contributed by atoms with E-state index in [4.69, 9.17) is 0 Å². The molecule has 21 heavy (non-hydrogen) atoms. The van der Waals surface area contributed by atoms with Crippen LogP contribution in [0.4, 0.5) is 0 Å². The number of nitrogens with one attached hydrogen (secondary N) is 3. The Kier molecular flexibility index (Phi) is 7.35. The molecular formula is C14H23N3O3S. The standard InChI is InChI=1S/C14H23N3O3S/c1-3-15-12(2)11-16-14(18)9-10-17-21(19,20)13-7-5-4-6-8-13/h4-8,12,15,17H,3,9-11H2,1-2H3,(H,16,18)/t12-/m1/s1. The minimum atomic E-state index is -3.54. The molecule has 7 heteroatoms. The highest BCUT2D eigenvalue weighted by Crippen LogP contribution is 2.06. The molecule has 0 radical (unpaired) electrons. The zero-order valence-corrected chi connectivity index (χ0v) is 13.2. The Morgan fingerprint density at radius 1 is 1.24 bits per heavy atom. The molecule has 0 aromatic heterocycles. The van der Waals surface area contributed by atoms with E-state index in [0.717, 1.165) is 6.54 Å². The maximum Gasteiger partial charge on any atom is 0.240 e. The van der Waals surface area contributed by atoms with Crippen molar-refractivity contribution < 1.29 is 13.2 Å². The molecule has 0 aliphatic carbocycles. The van der Waals surface area contributed by atoms with Crippen LogP contribution in [0.15, 0.2) is 35.2 Å². The summed E-state index contributed by atoms with van der Waals surface area (Å²) < 4.78 is 26.2. The molecule has 3 N–H and O–H groups in total. The molecular weight excluding hydrogens is 290 g/mol. The summed E-state index contributed by atoms with van der Waals surface area (Å²) in [4.78, 5) is 11.8. The lowest BCUT2D eigenvalue weighted by Gasteiger charge is -2.13. The number of sulfonamides is 1. The minimum absolute atomic E-state index is 0.0820. The average molecular weight is 313 g/mol. The molecule has 118 valence electrons. The smallest absolute Gasteiger partial charge is 0.240 e. The molecule has 0 aliphatic heterocycles. The summed E-state index contributed by atoms with van der Waals surface area (Å²) in [6.45, 7) is 5.42. The van der Waals surface area contributed by atoms with Crippen LogP contribution >= 0.6 is 0 Å². The summed E-state index contributed by atoms with van der Waals surface area (Å²) in [7, 11) is -3.54. The summed E-state index contributed by atoms with van der Waals surface area (Å²) in [5.41, 5.74) is 0. The van der Waals surface area contributed by atoms with Gasteiger partial charge in [0.25, 0.3) is 0 Å². The Bertz CT molecular complexity index is 532. The quantitative estimate of drug-likeness (QED) is 0.618. The Labute approximate surface area is 126 Å². The van der Waals surface area contributed by atoms with Gasteiger partial charge in [-0.05, 0) is 25.6 Å². The number of likely N-dealkylation sites (N-methyl/N-ethyl adjacent to an activating group) is 1. The number of carbonyl (C=O) groups is 1. The lowest BCUT2D eigenvalue weighted by molar-refractivity contribution is -0.121. The molecule has 0 aliphatic rings. The number of rotatable bonds is 9. The van der Waals surface area contributed by atoms with E-state index in [0.29, 0.717) is 6.54 Å². The van der Waals surface area contributed by atoms with Crippen molar-refractivity contribution in [3.8, 4) is 0 Å². The third kappa shape index (κ3) is 6.70. The second-order valence-electron chi connectivity index (χ2n) is 4.72. The van der Waals surface area contributed by atoms with Crippen molar-refractivity contribution in [2.45, 2.75) is 31.2 Å². The molecule has 1 atom stereocenters. The van der Waals surface area contributed by atoms with E-state index < -0.39 is 10.0 Å². The molecule has 1 aromatic carbocycles. The van der Waals surface area contributed by atoms with Crippen molar-refractivity contribution in [3.63, 3.8) is 0 Å². The molecule has 0 saturated heterocycles. The van der Waals surface area contributed by atoms with Crippen LogP contribution in [0.2, 0.25) is 0 Å². The van der Waals surface area contributed by atoms with Crippen molar-refractivity contribution in [3.05, 3.63) is 30.3 Å². The number of hydrogen-bond donors (Lipinski definition) is 3. The average Bonchev–Trinajstić information content (AvgIpc) is 2.46. The monoisotopic (exact) mass is 313 g/mol. The predicted molar refractivity (Wildman–Crippen MR) is 82.4 cm³/mol. The van der Waals surface area contributed by atoms with Gasteiger partial charge < -0.3 is 10.6 Å². The van der Waals surface area contributed by atoms with E-state index in [1.54, 1.807) is 18.2 Å². The van der Waals surface area contributed by atoms with Gasteiger partial charge in [0.05, 0.1) is 4.90 Å². The first-order valence-corrected chi connectivity index (χ1v) is 8.49. The van der Waals surface area contributed by atoms with Crippen LogP contribution in [0.5, 0.6) is 0 Å². The molecule has 1 aromatic rings. The van der Waals surface area contributed by atoms with Crippen molar-refractivity contribution >= 4 is 15.9 Å². The van der Waals surface area contributed by atoms with Gasteiger partial charge in [-0.2, -0.15) is 0 Å². The fraction of sp³-hybridized carbons (Fsp3) is 0.500. The van der Waals surface area contributed by atoms with Crippen LogP contribution < -0.4 is 15.4 Å². The third-order valence-electron chi connectivity index (χ3n) is 2.86. The van der Waals surface area contributed by atoms with Gasteiger partial charge in [-0.15, -0.1) is 0 Å². The number of benzene rings is 1. The van der Waals surface area contributed by atoms with Crippen molar-refractivity contribution in [2.24, 2.45) is 0 Å². The summed E-state index contributed by atoms with van der Waals surface area (Å²) in [6, 6.07) is 8.28. The zero-order valence-electron chi connectivity index (χ0n) is 12.4. The highest BCUT2D eigenvalue weighted by Gasteiger charge is 2.13. The van der Waals surface area contributed by atoms with Gasteiger partial charge in [0, 0.05) is 25.6 Å². The Hall–Kier alpha value is -1.44. The lowest BCUT2D eigenvalue weighted by atomic mass is 10.3. The van der Waals surface area contributed by atoms with E-state index in [2.05, 4.69) is 15.4 Å². The lowest BCUT2D eigenvalue weighted by Crippen LogP contribution is -2.39. The first kappa shape index (κ1) is 17.6. The van der Waals surface area contributed by atoms with Gasteiger partial charge >= 0.3 is 0 Å². The number of carbonyl (C=O) groups excluding carboxylic acids is 1. The van der Waals surface area contributed by atoms with Crippen LogP contribution in [0, 0.1) is 0 Å². The van der Waals surface area contributed by atoms with E-state index in [-0.39, 0.29) is 29.8 Å². The molecule has 0 fully saturated rings. The summed E-state index contributed by atoms with van der Waals surface area (Å²) >= 11 is 0. The Balaban J connectivity index is 2.31. The van der Waals surface area contributed by atoms with Gasteiger partial charge in [-0.3, -0.25) is 4.79 Å². The summed E-state index contributed by atoms with van der Waals surface area (Å²) in [5.74, 6) is -0.171. The van der Waals surface area contributed by atoms with Gasteiger partial charge in [-0.1, -0.05) is 25.1 Å². The fourth-order valence-electron chi connectivity index (χ4n) is 1.76. The van der Waals surface area contributed by atoms with Crippen LogP contribution in [0.25, 0.3) is 0 Å². The van der Waals surface area contributed by atoms with Gasteiger partial charge in [-0.25, -0.2) is 13.1 Å². The zero-order chi connectivity index (χ0) is 15.7. The Morgan fingerprint density at radius 3 is 2.52 bits per heavy atom. The van der Waals surface area contributed by atoms with Crippen molar-refractivity contribution in [2.75, 3.05) is 19.6 Å². The summed E-state index contributed by atoms with van der Waals surface area (Å²) in [5, 5.41) is 5.93. The molecule has 0 unspecified atom stereocenters. The van der Waals surface area contributed by atoms with Crippen LogP contribution in [0.3, 0.4) is 0 Å². The molecule has 1 amide bonds. The highest BCUT2D eigenvalue weighted by molar-refractivity contribution is 7.89. The van der Waals surface area contributed by atoms with E-state index in [1.807, 2.05) is 13.8 Å². The molecule has 0 heterocycles. The second-order valence-corrected chi connectivity index (χ2v) is 6.49. The third-order valence-corrected chi connectivity index (χ3v) is 4.33. The normalized spacial score (nSPS) is 12.9. The van der Waals surface area contributed by atoms with E-state index in [1.165, 1.54) is 12.1 Å². The molecule has 0 saturated carbocycles. The minimum Gasteiger partial charge on any atom is -0.355 e. The second kappa shape index (κ2) is 8.76. The SMILES string of the molecule is CCN[C@H](C)CNC(=O)CCNS(=O)(=O)c1ccccc1. The number of amides is 1. The van der Waals surface area contributed by atoms with Gasteiger partial charge in [0.1, 0.15) is 0 Å². The Morgan fingerprint density at radius 2 is 1.90 bits per heavy atom. The predicted octanol–water partition coefficient (Wildman–Crippen LogP) is 0.469. The topological polar surface area (TPSA) is 87.3 Å². The van der Waals surface area contributed by atoms with Crippen LogP contribution in [0.1, 0.15) is 20.3 Å². The summed E-state index contributed by atoms with van der Waals surface area (Å²) in [6.07, 6.45) is 0.116. The van der Waals surface area contributed by atoms with E-state index >= 15 is 0 Å². The van der Waals surface area contributed by atoms with Gasteiger partial charge in [0.15, 0.2) is 0 Å². The maximum absolute atomic E-state index is 11.9. The van der Waals surface area contributed by atoms with Crippen molar-refractivity contribution in [1.29, 1.82) is 0 Å². The largest absolute Gasteiger partial charge is 0.355 e. The first-order valence-electron chi connectivity index (χ1n) is 7.00. The van der Waals surface area contributed by atoms with Crippen LogP contribution in [-0.2, 0) is 14.8 Å². The first-order chi connectivity index (χ1) is 9.95. The fourth-order valence-corrected chi connectivity index (χ4v) is 2.81. The highest BCUT2D eigenvalue weighted by atomic mass is 32.2. The molecule has 1 rings (SSSR count). The van der Waals surface area contributed by atoms with Crippen LogP contribution in [-0.4, -0.2) is 40.0 Å². The molecule has 6 nitrogen and oxygen atoms in total. The maximum atomic E-state index is 11.9. The molecule has 0 bridgehead atoms. The molecule has 0 spiro atoms. The number of hydrogen-bond acceptors (Lipinski definition) is 4. The van der Waals surface area contributed by atoms with E-state index in [9.17, 15) is 13.2 Å². The van der Waals surface area contributed by atoms with Crippen molar-refractivity contribution in [1.82, 2.24) is 15.4 Å².